The Kier molecular flexibility index (Phi) is 11.2. The predicted molar refractivity (Wildman–Crippen MR) is 87.9 cm³/mol. The molecule has 1 aromatic rings. The second-order valence-electron chi connectivity index (χ2n) is 4.39. The highest BCUT2D eigenvalue weighted by Gasteiger charge is 1.99. The van der Waals surface area contributed by atoms with E-state index in [0.29, 0.717) is 48.8 Å². The molecule has 0 radical (unpaired) electrons. The molecule has 0 unspecified atom stereocenters. The van der Waals surface area contributed by atoms with Crippen molar-refractivity contribution in [2.75, 3.05) is 39.6 Å². The van der Waals surface area contributed by atoms with Crippen LogP contribution >= 0.6 is 23.2 Å². The first-order chi connectivity index (χ1) is 11.2. The van der Waals surface area contributed by atoms with Gasteiger partial charge in [0.25, 0.3) is 0 Å². The Labute approximate surface area is 144 Å². The highest BCUT2D eigenvalue weighted by molar-refractivity contribution is 6.34. The zero-order valence-electron chi connectivity index (χ0n) is 12.6. The minimum atomic E-state index is 0.231. The van der Waals surface area contributed by atoms with Crippen molar-refractivity contribution in [3.8, 4) is 5.75 Å². The van der Waals surface area contributed by atoms with Gasteiger partial charge in [0.1, 0.15) is 17.6 Å². The van der Waals surface area contributed by atoms with Gasteiger partial charge in [-0.15, -0.1) is 0 Å². The topological polar surface area (TPSA) is 85.7 Å². The van der Waals surface area contributed by atoms with Crippen LogP contribution in [0.4, 0.5) is 0 Å². The van der Waals surface area contributed by atoms with Crippen molar-refractivity contribution in [3.63, 3.8) is 0 Å². The summed E-state index contributed by atoms with van der Waals surface area (Å²) in [4.78, 5) is 6.96. The highest BCUT2D eigenvalue weighted by atomic mass is 35.5. The van der Waals surface area contributed by atoms with E-state index in [4.69, 9.17) is 42.9 Å². The fourth-order valence-corrected chi connectivity index (χ4v) is 2.10. The number of nitrogens with zero attached hydrogens (tertiary/aromatic N) is 3. The summed E-state index contributed by atoms with van der Waals surface area (Å²) < 4.78 is 16.2. The molecule has 0 fully saturated rings. The lowest BCUT2D eigenvalue weighted by Gasteiger charge is -2.08. The average Bonchev–Trinajstić information content (AvgIpc) is 2.51. The molecule has 0 aliphatic heterocycles. The highest BCUT2D eigenvalue weighted by Crippen LogP contribution is 2.24. The molecule has 0 saturated carbocycles. The molecule has 7 nitrogen and oxygen atoms in total. The molecule has 1 aromatic carbocycles. The Bertz CT molecular complexity index is 479. The molecule has 9 heteroatoms. The van der Waals surface area contributed by atoms with Gasteiger partial charge in [0, 0.05) is 21.6 Å². The van der Waals surface area contributed by atoms with E-state index in [-0.39, 0.29) is 6.61 Å². The second-order valence-corrected chi connectivity index (χ2v) is 5.26. The summed E-state index contributed by atoms with van der Waals surface area (Å²) in [5, 5.41) is 4.03. The lowest BCUT2D eigenvalue weighted by molar-refractivity contribution is 0.0136. The number of unbranched alkanes of at least 4 members (excludes halogenated alkanes) is 1. The number of ether oxygens (including phenoxy) is 3. The van der Waals surface area contributed by atoms with Gasteiger partial charge in [-0.3, -0.25) is 0 Å². The van der Waals surface area contributed by atoms with Crippen molar-refractivity contribution in [2.24, 2.45) is 5.28 Å². The van der Waals surface area contributed by atoms with Crippen molar-refractivity contribution in [1.29, 1.82) is 0 Å². The summed E-state index contributed by atoms with van der Waals surface area (Å²) in [7, 11) is 0. The molecule has 0 bridgehead atoms. The van der Waals surface area contributed by atoms with E-state index in [9.17, 15) is 0 Å². The van der Waals surface area contributed by atoms with Crippen LogP contribution in [0.2, 0.25) is 10.0 Å². The third-order valence-electron chi connectivity index (χ3n) is 2.57. The monoisotopic (exact) mass is 363 g/mol. The fourth-order valence-electron chi connectivity index (χ4n) is 1.59. The molecule has 0 saturated heterocycles. The zero-order valence-corrected chi connectivity index (χ0v) is 14.1. The Hall–Kier alpha value is -1.37. The van der Waals surface area contributed by atoms with E-state index < -0.39 is 0 Å². The third kappa shape index (κ3) is 10.9. The van der Waals surface area contributed by atoms with Gasteiger partial charge in [-0.2, -0.15) is 0 Å². The van der Waals surface area contributed by atoms with Crippen molar-refractivity contribution in [3.05, 3.63) is 38.7 Å². The number of benzene rings is 1. The molecule has 0 aliphatic carbocycles. The Balaban J connectivity index is 1.89. The maximum absolute atomic E-state index is 7.97. The molecular weight excluding hydrogens is 345 g/mol. The van der Waals surface area contributed by atoms with Gasteiger partial charge >= 0.3 is 0 Å². The first-order valence-electron chi connectivity index (χ1n) is 7.13. The van der Waals surface area contributed by atoms with Gasteiger partial charge in [0.15, 0.2) is 0 Å². The second kappa shape index (κ2) is 13.1. The van der Waals surface area contributed by atoms with E-state index in [1.54, 1.807) is 18.2 Å². The first kappa shape index (κ1) is 19.7. The lowest BCUT2D eigenvalue weighted by atomic mass is 10.3. The predicted octanol–water partition coefficient (Wildman–Crippen LogP) is 4.43. The molecule has 0 aromatic heterocycles. The summed E-state index contributed by atoms with van der Waals surface area (Å²) in [5.41, 5.74) is 7.97. The van der Waals surface area contributed by atoms with Gasteiger partial charge in [-0.1, -0.05) is 23.2 Å². The maximum Gasteiger partial charge on any atom is 0.122 e. The molecule has 0 amide bonds. The van der Waals surface area contributed by atoms with Crippen LogP contribution in [0.1, 0.15) is 12.8 Å². The van der Waals surface area contributed by atoms with E-state index in [2.05, 4.69) is 15.0 Å². The maximum atomic E-state index is 7.97. The number of azide groups is 1. The normalized spacial score (nSPS) is 10.2. The molecule has 0 aliphatic rings. The van der Waals surface area contributed by atoms with Crippen LogP contribution in [0.25, 0.3) is 10.4 Å². The standard InChI is InChI=1S/C14H19Cl2N3O4/c15-12-9-13(16)11-14(10-12)22-4-2-1-3-20-5-6-21-7-8-23-19-18-17/h9-11H,1-8H2. The van der Waals surface area contributed by atoms with Crippen LogP contribution in [-0.4, -0.2) is 39.6 Å². The van der Waals surface area contributed by atoms with Gasteiger partial charge < -0.3 is 19.0 Å². The Morgan fingerprint density at radius 2 is 1.48 bits per heavy atom. The van der Waals surface area contributed by atoms with E-state index in [0.717, 1.165) is 12.8 Å². The van der Waals surface area contributed by atoms with E-state index >= 15 is 0 Å². The van der Waals surface area contributed by atoms with Crippen molar-refractivity contribution >= 4 is 23.2 Å². The number of hydrogen-bond acceptors (Lipinski definition) is 5. The Morgan fingerprint density at radius 3 is 2.17 bits per heavy atom. The third-order valence-corrected chi connectivity index (χ3v) is 3.01. The van der Waals surface area contributed by atoms with Crippen LogP contribution < -0.4 is 4.74 Å². The van der Waals surface area contributed by atoms with E-state index in [1.807, 2.05) is 0 Å². The summed E-state index contributed by atoms with van der Waals surface area (Å²) in [6.07, 6.45) is 1.75. The van der Waals surface area contributed by atoms with Gasteiger partial charge in [0.2, 0.25) is 0 Å². The summed E-state index contributed by atoms with van der Waals surface area (Å²) >= 11 is 11.8. The van der Waals surface area contributed by atoms with Crippen LogP contribution in [-0.2, 0) is 14.3 Å². The van der Waals surface area contributed by atoms with Crippen LogP contribution in [0, 0.1) is 0 Å². The first-order valence-corrected chi connectivity index (χ1v) is 7.88. The quantitative estimate of drug-likeness (QED) is 0.170. The smallest absolute Gasteiger partial charge is 0.122 e. The molecule has 128 valence electrons. The van der Waals surface area contributed by atoms with Gasteiger partial charge in [-0.05, 0) is 36.6 Å². The van der Waals surface area contributed by atoms with E-state index in [1.165, 1.54) is 0 Å². The van der Waals surface area contributed by atoms with Gasteiger partial charge in [0.05, 0.1) is 26.4 Å². The average molecular weight is 364 g/mol. The Morgan fingerprint density at radius 1 is 0.870 bits per heavy atom. The molecule has 0 atom stereocenters. The minimum Gasteiger partial charge on any atom is -0.493 e. The zero-order chi connectivity index (χ0) is 16.8. The molecular formula is C14H19Cl2N3O4. The van der Waals surface area contributed by atoms with Gasteiger partial charge in [-0.25, -0.2) is 0 Å². The summed E-state index contributed by atoms with van der Waals surface area (Å²) in [6, 6.07) is 5.12. The molecule has 0 spiro atoms. The van der Waals surface area contributed by atoms with Crippen LogP contribution in [0.3, 0.4) is 0 Å². The molecule has 23 heavy (non-hydrogen) atoms. The van der Waals surface area contributed by atoms with Crippen molar-refractivity contribution in [2.45, 2.75) is 12.8 Å². The molecule has 0 N–H and O–H groups in total. The number of rotatable bonds is 13. The number of hydrogen-bond donors (Lipinski definition) is 0. The summed E-state index contributed by atoms with van der Waals surface area (Å²) in [5.74, 6) is 0.666. The van der Waals surface area contributed by atoms with Crippen LogP contribution in [0.15, 0.2) is 23.5 Å². The van der Waals surface area contributed by atoms with Crippen molar-refractivity contribution < 1.29 is 19.0 Å². The van der Waals surface area contributed by atoms with Crippen LogP contribution in [0.5, 0.6) is 5.75 Å². The molecule has 1 rings (SSSR count). The largest absolute Gasteiger partial charge is 0.493 e. The fraction of sp³-hybridized carbons (Fsp3) is 0.571. The summed E-state index contributed by atoms with van der Waals surface area (Å²) in [6.45, 7) is 2.78. The number of halogens is 2. The van der Waals surface area contributed by atoms with Crippen molar-refractivity contribution in [1.82, 2.24) is 0 Å². The lowest BCUT2D eigenvalue weighted by Crippen LogP contribution is -2.09. The SMILES string of the molecule is [N-]=[N+]=NOCCOCCOCCCCOc1cc(Cl)cc(Cl)c1. The molecule has 0 heterocycles. The minimum absolute atomic E-state index is 0.231.